The van der Waals surface area contributed by atoms with Gasteiger partial charge in [0.25, 0.3) is 0 Å². The summed E-state index contributed by atoms with van der Waals surface area (Å²) in [5, 5.41) is 18.9. The van der Waals surface area contributed by atoms with Crippen LogP contribution in [0.25, 0.3) is 0 Å². The highest BCUT2D eigenvalue weighted by atomic mass is 16.5. The monoisotopic (exact) mass is 253 g/mol. The topological polar surface area (TPSA) is 60.2 Å². The lowest BCUT2D eigenvalue weighted by Gasteiger charge is -2.36. The van der Waals surface area contributed by atoms with E-state index in [-0.39, 0.29) is 6.10 Å². The second-order valence-corrected chi connectivity index (χ2v) is 5.11. The third-order valence-electron chi connectivity index (χ3n) is 3.58. The molecule has 1 aliphatic heterocycles. The summed E-state index contributed by atoms with van der Waals surface area (Å²) in [7, 11) is 0. The summed E-state index contributed by atoms with van der Waals surface area (Å²) in [6.45, 7) is 5.65. The van der Waals surface area contributed by atoms with Gasteiger partial charge in [0.15, 0.2) is 0 Å². The fourth-order valence-corrected chi connectivity index (χ4v) is 2.67. The van der Waals surface area contributed by atoms with Crippen LogP contribution in [-0.2, 0) is 16.9 Å². The maximum atomic E-state index is 10.9. The standard InChI is InChI=1S/C13H23N3O2/c1-3-5-11-9-13(17,6-8-18-11)12-10-14-15-16(12)7-4-2/h10-11,17H,3-9H2,1-2H3. The zero-order valence-corrected chi connectivity index (χ0v) is 11.3. The van der Waals surface area contributed by atoms with Crippen molar-refractivity contribution in [3.8, 4) is 0 Å². The molecule has 5 heteroatoms. The molecule has 1 saturated heterocycles. The number of aryl methyl sites for hydroxylation is 1. The second kappa shape index (κ2) is 5.80. The minimum Gasteiger partial charge on any atom is -0.383 e. The van der Waals surface area contributed by atoms with Gasteiger partial charge in [-0.05, 0) is 12.8 Å². The highest BCUT2D eigenvalue weighted by Crippen LogP contribution is 2.35. The van der Waals surface area contributed by atoms with Crippen molar-refractivity contribution in [3.63, 3.8) is 0 Å². The van der Waals surface area contributed by atoms with Gasteiger partial charge in [-0.2, -0.15) is 0 Å². The first-order chi connectivity index (χ1) is 8.69. The van der Waals surface area contributed by atoms with Crippen molar-refractivity contribution in [3.05, 3.63) is 11.9 Å². The summed E-state index contributed by atoms with van der Waals surface area (Å²) in [6.07, 6.45) is 6.19. The zero-order valence-electron chi connectivity index (χ0n) is 11.3. The van der Waals surface area contributed by atoms with E-state index >= 15 is 0 Å². The van der Waals surface area contributed by atoms with Crippen molar-refractivity contribution < 1.29 is 9.84 Å². The largest absolute Gasteiger partial charge is 0.383 e. The number of hydrogen-bond acceptors (Lipinski definition) is 4. The summed E-state index contributed by atoms with van der Waals surface area (Å²) < 4.78 is 7.53. The van der Waals surface area contributed by atoms with Crippen LogP contribution in [-0.4, -0.2) is 32.8 Å². The average molecular weight is 253 g/mol. The Kier molecular flexibility index (Phi) is 4.35. The first kappa shape index (κ1) is 13.5. The molecule has 0 spiro atoms. The summed E-state index contributed by atoms with van der Waals surface area (Å²) in [5.41, 5.74) is 0.0188. The molecule has 1 aromatic rings. The molecule has 0 amide bonds. The maximum absolute atomic E-state index is 10.9. The van der Waals surface area contributed by atoms with Gasteiger partial charge in [-0.25, -0.2) is 4.68 Å². The first-order valence-electron chi connectivity index (χ1n) is 6.92. The second-order valence-electron chi connectivity index (χ2n) is 5.11. The van der Waals surface area contributed by atoms with Gasteiger partial charge in [0, 0.05) is 19.4 Å². The van der Waals surface area contributed by atoms with Crippen molar-refractivity contribution in [1.82, 2.24) is 15.0 Å². The van der Waals surface area contributed by atoms with Crippen molar-refractivity contribution in [2.75, 3.05) is 6.61 Å². The van der Waals surface area contributed by atoms with Gasteiger partial charge in [-0.3, -0.25) is 0 Å². The minimum atomic E-state index is -0.823. The van der Waals surface area contributed by atoms with E-state index in [1.165, 1.54) is 0 Å². The predicted octanol–water partition coefficient (Wildman–Crippen LogP) is 1.85. The predicted molar refractivity (Wildman–Crippen MR) is 68.1 cm³/mol. The molecule has 1 fully saturated rings. The molecule has 2 heterocycles. The molecule has 2 unspecified atom stereocenters. The van der Waals surface area contributed by atoms with Crippen molar-refractivity contribution >= 4 is 0 Å². The molecule has 2 rings (SSSR count). The van der Waals surface area contributed by atoms with E-state index in [0.717, 1.165) is 31.5 Å². The van der Waals surface area contributed by atoms with Crippen LogP contribution in [0.1, 0.15) is 51.6 Å². The Morgan fingerprint density at radius 1 is 1.50 bits per heavy atom. The number of nitrogens with zero attached hydrogens (tertiary/aromatic N) is 3. The van der Waals surface area contributed by atoms with E-state index in [0.29, 0.717) is 19.4 Å². The lowest BCUT2D eigenvalue weighted by atomic mass is 9.86. The molecular weight excluding hydrogens is 230 g/mol. The number of aliphatic hydroxyl groups is 1. The molecule has 0 bridgehead atoms. The highest BCUT2D eigenvalue weighted by molar-refractivity contribution is 5.10. The first-order valence-corrected chi connectivity index (χ1v) is 6.92. The van der Waals surface area contributed by atoms with Crippen LogP contribution < -0.4 is 0 Å². The quantitative estimate of drug-likeness (QED) is 0.870. The highest BCUT2D eigenvalue weighted by Gasteiger charge is 2.39. The van der Waals surface area contributed by atoms with Gasteiger partial charge in [-0.1, -0.05) is 25.5 Å². The van der Waals surface area contributed by atoms with Gasteiger partial charge in [-0.15, -0.1) is 5.10 Å². The minimum absolute atomic E-state index is 0.152. The summed E-state index contributed by atoms with van der Waals surface area (Å²) >= 11 is 0. The Balaban J connectivity index is 2.16. The van der Waals surface area contributed by atoms with Crippen molar-refractivity contribution in [1.29, 1.82) is 0 Å². The Morgan fingerprint density at radius 3 is 3.06 bits per heavy atom. The van der Waals surface area contributed by atoms with E-state index in [1.807, 2.05) is 4.68 Å². The van der Waals surface area contributed by atoms with Gasteiger partial charge < -0.3 is 9.84 Å². The molecule has 0 radical (unpaired) electrons. The molecule has 0 saturated carbocycles. The molecule has 0 aliphatic carbocycles. The van der Waals surface area contributed by atoms with E-state index in [1.54, 1.807) is 6.20 Å². The molecule has 5 nitrogen and oxygen atoms in total. The SMILES string of the molecule is CCCC1CC(O)(c2cnnn2CCC)CCO1. The van der Waals surface area contributed by atoms with Gasteiger partial charge in [0.1, 0.15) is 5.60 Å². The van der Waals surface area contributed by atoms with Gasteiger partial charge in [0.2, 0.25) is 0 Å². The summed E-state index contributed by atoms with van der Waals surface area (Å²) in [6, 6.07) is 0. The lowest BCUT2D eigenvalue weighted by Crippen LogP contribution is -2.40. The fraction of sp³-hybridized carbons (Fsp3) is 0.846. The van der Waals surface area contributed by atoms with E-state index in [4.69, 9.17) is 4.74 Å². The van der Waals surface area contributed by atoms with Crippen LogP contribution in [0.5, 0.6) is 0 Å². The Bertz CT molecular complexity index is 378. The summed E-state index contributed by atoms with van der Waals surface area (Å²) in [5.74, 6) is 0. The smallest absolute Gasteiger partial charge is 0.112 e. The molecule has 2 atom stereocenters. The molecule has 1 aliphatic rings. The van der Waals surface area contributed by atoms with E-state index in [2.05, 4.69) is 24.2 Å². The number of aromatic nitrogens is 3. The molecular formula is C13H23N3O2. The molecule has 18 heavy (non-hydrogen) atoms. The fourth-order valence-electron chi connectivity index (χ4n) is 2.67. The van der Waals surface area contributed by atoms with Crippen LogP contribution in [0.2, 0.25) is 0 Å². The average Bonchev–Trinajstić information content (AvgIpc) is 2.79. The maximum Gasteiger partial charge on any atom is 0.112 e. The third kappa shape index (κ3) is 2.72. The Morgan fingerprint density at radius 2 is 2.33 bits per heavy atom. The number of ether oxygens (including phenoxy) is 1. The third-order valence-corrected chi connectivity index (χ3v) is 3.58. The van der Waals surface area contributed by atoms with Crippen LogP contribution in [0.3, 0.4) is 0 Å². The molecule has 0 aromatic carbocycles. The number of rotatable bonds is 5. The van der Waals surface area contributed by atoms with E-state index in [9.17, 15) is 5.11 Å². The molecule has 102 valence electrons. The van der Waals surface area contributed by atoms with E-state index < -0.39 is 5.60 Å². The Hall–Kier alpha value is -0.940. The van der Waals surface area contributed by atoms with Crippen LogP contribution in [0.15, 0.2) is 6.20 Å². The van der Waals surface area contributed by atoms with Crippen LogP contribution in [0, 0.1) is 0 Å². The van der Waals surface area contributed by atoms with Gasteiger partial charge in [0.05, 0.1) is 24.6 Å². The van der Waals surface area contributed by atoms with Crippen molar-refractivity contribution in [2.24, 2.45) is 0 Å². The van der Waals surface area contributed by atoms with Crippen molar-refractivity contribution in [2.45, 2.75) is 64.2 Å². The molecule has 1 N–H and O–H groups in total. The normalized spacial score (nSPS) is 28.5. The zero-order chi connectivity index (χ0) is 13.0. The van der Waals surface area contributed by atoms with Crippen LogP contribution in [0.4, 0.5) is 0 Å². The lowest BCUT2D eigenvalue weighted by molar-refractivity contribution is -0.113. The summed E-state index contributed by atoms with van der Waals surface area (Å²) in [4.78, 5) is 0. The van der Waals surface area contributed by atoms with Gasteiger partial charge >= 0.3 is 0 Å². The Labute approximate surface area is 108 Å². The van der Waals surface area contributed by atoms with Crippen LogP contribution >= 0.6 is 0 Å². The molecule has 1 aromatic heterocycles. The number of hydrogen-bond donors (Lipinski definition) is 1.